The molecule has 0 amide bonds. The summed E-state index contributed by atoms with van der Waals surface area (Å²) in [5.41, 5.74) is 3.89. The van der Waals surface area contributed by atoms with Crippen molar-refractivity contribution in [2.75, 3.05) is 46.1 Å². The summed E-state index contributed by atoms with van der Waals surface area (Å²) in [6, 6.07) is 11.9. The molecular formula is C23H24FNO5. The van der Waals surface area contributed by atoms with Gasteiger partial charge in [-0.15, -0.1) is 0 Å². The summed E-state index contributed by atoms with van der Waals surface area (Å²) in [6.45, 7) is 4.40. The number of halogens is 1. The smallest absolute Gasteiger partial charge is 0.306 e. The molecule has 0 radical (unpaired) electrons. The molecule has 2 aliphatic rings. The highest BCUT2D eigenvalue weighted by molar-refractivity contribution is 5.87. The van der Waals surface area contributed by atoms with Gasteiger partial charge in [0.2, 0.25) is 0 Å². The van der Waals surface area contributed by atoms with Gasteiger partial charge in [0, 0.05) is 25.2 Å². The quantitative estimate of drug-likeness (QED) is 0.752. The Labute approximate surface area is 174 Å². The molecule has 2 aromatic carbocycles. The van der Waals surface area contributed by atoms with Crippen LogP contribution in [0.15, 0.2) is 48.0 Å². The number of carboxylic acid groups (broad SMARTS) is 1. The molecule has 30 heavy (non-hydrogen) atoms. The van der Waals surface area contributed by atoms with E-state index < -0.39 is 5.97 Å². The van der Waals surface area contributed by atoms with Crippen molar-refractivity contribution in [3.8, 4) is 11.5 Å². The van der Waals surface area contributed by atoms with Crippen molar-refractivity contribution in [2.45, 2.75) is 6.42 Å². The lowest BCUT2D eigenvalue weighted by molar-refractivity contribution is -0.137. The van der Waals surface area contributed by atoms with E-state index in [0.29, 0.717) is 25.6 Å². The predicted molar refractivity (Wildman–Crippen MR) is 109 cm³/mol. The number of aliphatic carboxylic acids is 1. The highest BCUT2D eigenvalue weighted by atomic mass is 19.1. The van der Waals surface area contributed by atoms with E-state index in [1.54, 1.807) is 18.2 Å². The Kier molecular flexibility index (Phi) is 6.30. The monoisotopic (exact) mass is 413 g/mol. The molecule has 1 saturated heterocycles. The second kappa shape index (κ2) is 9.28. The van der Waals surface area contributed by atoms with Crippen LogP contribution >= 0.6 is 0 Å². The molecule has 4 rings (SSSR count). The van der Waals surface area contributed by atoms with Crippen LogP contribution in [0.2, 0.25) is 0 Å². The average Bonchev–Trinajstić information content (AvgIpc) is 2.75. The molecule has 1 fully saturated rings. The van der Waals surface area contributed by atoms with E-state index >= 15 is 0 Å². The summed E-state index contributed by atoms with van der Waals surface area (Å²) in [6.07, 6.45) is -0.0729. The number of hydrogen-bond acceptors (Lipinski definition) is 5. The minimum absolute atomic E-state index is 0.0729. The van der Waals surface area contributed by atoms with Crippen LogP contribution in [-0.2, 0) is 9.53 Å². The van der Waals surface area contributed by atoms with Crippen molar-refractivity contribution in [1.29, 1.82) is 0 Å². The third-order valence-corrected chi connectivity index (χ3v) is 5.21. The van der Waals surface area contributed by atoms with Gasteiger partial charge in [-0.05, 0) is 47.0 Å². The molecule has 1 N–H and O–H groups in total. The lowest BCUT2D eigenvalue weighted by Gasteiger charge is -2.31. The first-order chi connectivity index (χ1) is 14.6. The first-order valence-electron chi connectivity index (χ1n) is 10.00. The number of nitrogens with zero attached hydrogens (tertiary/aromatic N) is 1. The molecule has 0 saturated carbocycles. The second-order valence-electron chi connectivity index (χ2n) is 7.31. The van der Waals surface area contributed by atoms with E-state index in [4.69, 9.17) is 19.3 Å². The molecule has 7 heteroatoms. The summed E-state index contributed by atoms with van der Waals surface area (Å²) < 4.78 is 30.6. The van der Waals surface area contributed by atoms with Crippen LogP contribution in [0.5, 0.6) is 11.5 Å². The summed E-state index contributed by atoms with van der Waals surface area (Å²) in [4.78, 5) is 13.1. The first-order valence-corrected chi connectivity index (χ1v) is 10.00. The van der Waals surface area contributed by atoms with Gasteiger partial charge < -0.3 is 19.3 Å². The number of carboxylic acids is 1. The third-order valence-electron chi connectivity index (χ3n) is 5.21. The maximum absolute atomic E-state index is 13.6. The molecule has 158 valence electrons. The molecular weight excluding hydrogens is 389 g/mol. The van der Waals surface area contributed by atoms with Crippen LogP contribution in [0, 0.1) is 5.82 Å². The van der Waals surface area contributed by atoms with Gasteiger partial charge in [0.05, 0.1) is 26.2 Å². The minimum Gasteiger partial charge on any atom is -0.493 e. The van der Waals surface area contributed by atoms with Gasteiger partial charge in [0.25, 0.3) is 0 Å². The Bertz CT molecular complexity index is 935. The highest BCUT2D eigenvalue weighted by Crippen LogP contribution is 2.39. The number of benzene rings is 2. The van der Waals surface area contributed by atoms with E-state index in [1.807, 2.05) is 12.1 Å². The van der Waals surface area contributed by atoms with E-state index in [1.165, 1.54) is 12.1 Å². The second-order valence-corrected chi connectivity index (χ2v) is 7.31. The number of morpholine rings is 1. The van der Waals surface area contributed by atoms with Crippen LogP contribution in [0.25, 0.3) is 5.57 Å². The molecule has 0 aromatic heterocycles. The summed E-state index contributed by atoms with van der Waals surface area (Å²) in [5.74, 6) is 0.111. The van der Waals surface area contributed by atoms with E-state index in [0.717, 1.165) is 47.7 Å². The first kappa shape index (κ1) is 20.4. The standard InChI is InChI=1S/C23H24FNO5/c24-18-3-1-16(2-4-18)23-17(14-25-8-11-28-12-9-25)15-30-21-6-5-19(13-20(21)23)29-10-7-22(26)27/h1-6,13H,7-12,14-15H2,(H,26,27). The van der Waals surface area contributed by atoms with Crippen LogP contribution < -0.4 is 9.47 Å². The lowest BCUT2D eigenvalue weighted by atomic mass is 9.90. The molecule has 2 aliphatic heterocycles. The van der Waals surface area contributed by atoms with Gasteiger partial charge >= 0.3 is 5.97 Å². The zero-order chi connectivity index (χ0) is 20.9. The zero-order valence-corrected chi connectivity index (χ0v) is 16.6. The Balaban J connectivity index is 1.69. The molecule has 0 bridgehead atoms. The molecule has 6 nitrogen and oxygen atoms in total. The van der Waals surface area contributed by atoms with Crippen molar-refractivity contribution in [1.82, 2.24) is 4.90 Å². The van der Waals surface area contributed by atoms with Gasteiger partial charge in [-0.1, -0.05) is 12.1 Å². The lowest BCUT2D eigenvalue weighted by Crippen LogP contribution is -2.38. The Hall–Kier alpha value is -2.90. The van der Waals surface area contributed by atoms with Crippen molar-refractivity contribution < 1.29 is 28.5 Å². The van der Waals surface area contributed by atoms with Crippen molar-refractivity contribution in [3.63, 3.8) is 0 Å². The zero-order valence-electron chi connectivity index (χ0n) is 16.6. The third kappa shape index (κ3) is 4.80. The molecule has 0 spiro atoms. The number of ether oxygens (including phenoxy) is 3. The SMILES string of the molecule is O=C(O)CCOc1ccc2c(c1)C(c1ccc(F)cc1)=C(CN1CCOCC1)CO2. The van der Waals surface area contributed by atoms with E-state index in [9.17, 15) is 9.18 Å². The van der Waals surface area contributed by atoms with Crippen molar-refractivity contribution in [3.05, 3.63) is 65.0 Å². The Morgan fingerprint density at radius 1 is 1.13 bits per heavy atom. The summed E-state index contributed by atoms with van der Waals surface area (Å²) >= 11 is 0. The minimum atomic E-state index is -0.906. The van der Waals surface area contributed by atoms with Gasteiger partial charge in [0.15, 0.2) is 0 Å². The Morgan fingerprint density at radius 3 is 2.63 bits per heavy atom. The van der Waals surface area contributed by atoms with Gasteiger partial charge in [-0.3, -0.25) is 9.69 Å². The molecule has 0 unspecified atom stereocenters. The maximum Gasteiger partial charge on any atom is 0.306 e. The topological polar surface area (TPSA) is 68.2 Å². The van der Waals surface area contributed by atoms with Crippen LogP contribution in [0.1, 0.15) is 17.5 Å². The maximum atomic E-state index is 13.6. The number of rotatable bonds is 7. The van der Waals surface area contributed by atoms with Gasteiger partial charge in [-0.25, -0.2) is 4.39 Å². The number of fused-ring (bicyclic) bond motifs is 1. The van der Waals surface area contributed by atoms with Crippen LogP contribution in [0.3, 0.4) is 0 Å². The van der Waals surface area contributed by atoms with Crippen LogP contribution in [-0.4, -0.2) is 62.0 Å². The van der Waals surface area contributed by atoms with Crippen LogP contribution in [0.4, 0.5) is 4.39 Å². The van der Waals surface area contributed by atoms with E-state index in [2.05, 4.69) is 4.90 Å². The summed E-state index contributed by atoms with van der Waals surface area (Å²) in [7, 11) is 0. The normalized spacial score (nSPS) is 16.7. The largest absolute Gasteiger partial charge is 0.493 e. The van der Waals surface area contributed by atoms with Gasteiger partial charge in [-0.2, -0.15) is 0 Å². The molecule has 0 aliphatic carbocycles. The summed E-state index contributed by atoms with van der Waals surface area (Å²) in [5, 5.41) is 8.84. The number of carbonyl (C=O) groups is 1. The fourth-order valence-corrected chi connectivity index (χ4v) is 3.73. The van der Waals surface area contributed by atoms with Gasteiger partial charge in [0.1, 0.15) is 23.9 Å². The highest BCUT2D eigenvalue weighted by Gasteiger charge is 2.24. The fraction of sp³-hybridized carbons (Fsp3) is 0.348. The van der Waals surface area contributed by atoms with Crippen molar-refractivity contribution >= 4 is 11.5 Å². The number of hydrogen-bond donors (Lipinski definition) is 1. The van der Waals surface area contributed by atoms with E-state index in [-0.39, 0.29) is 18.8 Å². The predicted octanol–water partition coefficient (Wildman–Crippen LogP) is 3.21. The average molecular weight is 413 g/mol. The Morgan fingerprint density at radius 2 is 1.90 bits per heavy atom. The fourth-order valence-electron chi connectivity index (χ4n) is 3.73. The molecule has 2 aromatic rings. The van der Waals surface area contributed by atoms with Crippen molar-refractivity contribution in [2.24, 2.45) is 0 Å². The molecule has 2 heterocycles. The molecule has 0 atom stereocenters.